The molecule has 0 bridgehead atoms. The number of esters is 1. The summed E-state index contributed by atoms with van der Waals surface area (Å²) in [6.45, 7) is 3.94. The van der Waals surface area contributed by atoms with Crippen molar-refractivity contribution in [1.29, 1.82) is 0 Å². The van der Waals surface area contributed by atoms with Gasteiger partial charge in [-0.1, -0.05) is 32.1 Å². The second kappa shape index (κ2) is 11.5. The minimum absolute atomic E-state index is 0.107. The first-order chi connectivity index (χ1) is 8.56. The molecule has 4 heteroatoms. The Bertz CT molecular complexity index is 204. The van der Waals surface area contributed by atoms with Crippen LogP contribution in [0.1, 0.15) is 65.2 Å². The number of carbonyl (C=O) groups is 1. The number of rotatable bonds is 11. The number of unbranched alkanes of at least 4 members (excludes halogenated alkanes) is 4. The van der Waals surface area contributed by atoms with Gasteiger partial charge in [0.2, 0.25) is 0 Å². The highest BCUT2D eigenvalue weighted by atomic mass is 16.5. The van der Waals surface area contributed by atoms with E-state index in [-0.39, 0.29) is 18.5 Å². The van der Waals surface area contributed by atoms with Crippen LogP contribution in [0.3, 0.4) is 0 Å². The summed E-state index contributed by atoms with van der Waals surface area (Å²) in [6.07, 6.45) is 6.18. The summed E-state index contributed by atoms with van der Waals surface area (Å²) < 4.78 is 4.77. The molecule has 2 atom stereocenters. The van der Waals surface area contributed by atoms with E-state index in [4.69, 9.17) is 9.84 Å². The Hall–Kier alpha value is -0.610. The molecule has 0 spiro atoms. The Morgan fingerprint density at radius 1 is 1.06 bits per heavy atom. The van der Waals surface area contributed by atoms with Crippen molar-refractivity contribution in [3.05, 3.63) is 0 Å². The predicted molar refractivity (Wildman–Crippen MR) is 71.3 cm³/mol. The molecule has 0 amide bonds. The van der Waals surface area contributed by atoms with Gasteiger partial charge in [0.15, 0.2) is 0 Å². The van der Waals surface area contributed by atoms with Gasteiger partial charge in [0.05, 0.1) is 25.2 Å². The monoisotopic (exact) mass is 260 g/mol. The molecule has 0 aromatic heterocycles. The maximum absolute atomic E-state index is 11.1. The van der Waals surface area contributed by atoms with Crippen LogP contribution in [0.15, 0.2) is 0 Å². The highest BCUT2D eigenvalue weighted by molar-refractivity contribution is 5.69. The quantitative estimate of drug-likeness (QED) is 0.442. The van der Waals surface area contributed by atoms with E-state index in [0.717, 1.165) is 38.5 Å². The molecule has 0 saturated heterocycles. The standard InChI is InChI=1S/C14H28O4/c1-3-18-14(17)11-13(16)10-8-6-4-5-7-9-12(2)15/h12-13,15-16H,3-11H2,1-2H3. The van der Waals surface area contributed by atoms with Gasteiger partial charge in [-0.2, -0.15) is 0 Å². The largest absolute Gasteiger partial charge is 0.466 e. The van der Waals surface area contributed by atoms with E-state index in [9.17, 15) is 9.90 Å². The number of carbonyl (C=O) groups excluding carboxylic acids is 1. The van der Waals surface area contributed by atoms with Crippen LogP contribution in [0.4, 0.5) is 0 Å². The fourth-order valence-corrected chi connectivity index (χ4v) is 1.86. The van der Waals surface area contributed by atoms with Crippen molar-refractivity contribution in [3.8, 4) is 0 Å². The van der Waals surface area contributed by atoms with Crippen LogP contribution < -0.4 is 0 Å². The lowest BCUT2D eigenvalue weighted by molar-refractivity contribution is -0.145. The second-order valence-electron chi connectivity index (χ2n) is 4.86. The predicted octanol–water partition coefficient (Wildman–Crippen LogP) is 2.41. The van der Waals surface area contributed by atoms with Gasteiger partial charge in [0.25, 0.3) is 0 Å². The molecule has 2 N–H and O–H groups in total. The first-order valence-corrected chi connectivity index (χ1v) is 7.08. The van der Waals surface area contributed by atoms with Gasteiger partial charge in [-0.15, -0.1) is 0 Å². The van der Waals surface area contributed by atoms with Crippen LogP contribution in [0.2, 0.25) is 0 Å². The van der Waals surface area contributed by atoms with E-state index in [0.29, 0.717) is 13.0 Å². The Labute approximate surface area is 110 Å². The molecule has 0 radical (unpaired) electrons. The summed E-state index contributed by atoms with van der Waals surface area (Å²) >= 11 is 0. The van der Waals surface area contributed by atoms with Crippen LogP contribution in [0.25, 0.3) is 0 Å². The van der Waals surface area contributed by atoms with Crippen molar-refractivity contribution in [2.75, 3.05) is 6.61 Å². The molecular weight excluding hydrogens is 232 g/mol. The molecule has 0 fully saturated rings. The van der Waals surface area contributed by atoms with E-state index in [1.165, 1.54) is 0 Å². The SMILES string of the molecule is CCOC(=O)CC(O)CCCCCCCC(C)O. The Balaban J connectivity index is 3.30. The normalized spacial score (nSPS) is 14.2. The van der Waals surface area contributed by atoms with Gasteiger partial charge in [0.1, 0.15) is 0 Å². The molecule has 2 unspecified atom stereocenters. The third-order valence-electron chi connectivity index (χ3n) is 2.87. The van der Waals surface area contributed by atoms with Crippen LogP contribution in [0.5, 0.6) is 0 Å². The van der Waals surface area contributed by atoms with Gasteiger partial charge in [0, 0.05) is 0 Å². The molecule has 0 aromatic carbocycles. The average Bonchev–Trinajstić information content (AvgIpc) is 2.27. The van der Waals surface area contributed by atoms with Gasteiger partial charge in [-0.3, -0.25) is 4.79 Å². The van der Waals surface area contributed by atoms with Crippen LogP contribution in [0, 0.1) is 0 Å². The lowest BCUT2D eigenvalue weighted by Crippen LogP contribution is -2.15. The summed E-state index contributed by atoms with van der Waals surface area (Å²) in [6, 6.07) is 0. The highest BCUT2D eigenvalue weighted by Gasteiger charge is 2.10. The number of aliphatic hydroxyl groups excluding tert-OH is 2. The summed E-state index contributed by atoms with van der Waals surface area (Å²) in [5.41, 5.74) is 0. The summed E-state index contributed by atoms with van der Waals surface area (Å²) in [5.74, 6) is -0.318. The zero-order chi connectivity index (χ0) is 13.8. The molecule has 0 rings (SSSR count). The van der Waals surface area contributed by atoms with E-state index in [2.05, 4.69) is 0 Å². The molecule has 0 aliphatic rings. The van der Waals surface area contributed by atoms with Crippen molar-refractivity contribution in [3.63, 3.8) is 0 Å². The fourth-order valence-electron chi connectivity index (χ4n) is 1.86. The molecule has 18 heavy (non-hydrogen) atoms. The zero-order valence-electron chi connectivity index (χ0n) is 11.7. The lowest BCUT2D eigenvalue weighted by Gasteiger charge is -2.09. The summed E-state index contributed by atoms with van der Waals surface area (Å²) in [4.78, 5) is 11.1. The number of aliphatic hydroxyl groups is 2. The smallest absolute Gasteiger partial charge is 0.308 e. The van der Waals surface area contributed by atoms with Gasteiger partial charge in [-0.25, -0.2) is 0 Å². The van der Waals surface area contributed by atoms with Crippen LogP contribution in [-0.2, 0) is 9.53 Å². The van der Waals surface area contributed by atoms with E-state index in [1.807, 2.05) is 6.92 Å². The minimum atomic E-state index is -0.568. The molecular formula is C14H28O4. The van der Waals surface area contributed by atoms with Gasteiger partial charge < -0.3 is 14.9 Å². The first kappa shape index (κ1) is 17.4. The molecule has 0 saturated carbocycles. The summed E-state index contributed by atoms with van der Waals surface area (Å²) in [5, 5.41) is 18.7. The highest BCUT2D eigenvalue weighted by Crippen LogP contribution is 2.11. The van der Waals surface area contributed by atoms with Crippen molar-refractivity contribution in [2.24, 2.45) is 0 Å². The van der Waals surface area contributed by atoms with Crippen molar-refractivity contribution >= 4 is 5.97 Å². The van der Waals surface area contributed by atoms with E-state index >= 15 is 0 Å². The van der Waals surface area contributed by atoms with Gasteiger partial charge >= 0.3 is 5.97 Å². The van der Waals surface area contributed by atoms with Crippen molar-refractivity contribution in [2.45, 2.75) is 77.4 Å². The van der Waals surface area contributed by atoms with Gasteiger partial charge in [-0.05, 0) is 26.7 Å². The number of ether oxygens (including phenoxy) is 1. The van der Waals surface area contributed by atoms with Crippen molar-refractivity contribution < 1.29 is 19.7 Å². The third kappa shape index (κ3) is 11.9. The number of hydrogen-bond donors (Lipinski definition) is 2. The maximum Gasteiger partial charge on any atom is 0.308 e. The van der Waals surface area contributed by atoms with Crippen LogP contribution >= 0.6 is 0 Å². The molecule has 4 nitrogen and oxygen atoms in total. The Morgan fingerprint density at radius 3 is 2.17 bits per heavy atom. The molecule has 0 aromatic rings. The number of hydrogen-bond acceptors (Lipinski definition) is 4. The van der Waals surface area contributed by atoms with E-state index in [1.54, 1.807) is 6.92 Å². The average molecular weight is 260 g/mol. The molecule has 108 valence electrons. The maximum atomic E-state index is 11.1. The molecule has 0 aliphatic carbocycles. The van der Waals surface area contributed by atoms with Crippen molar-refractivity contribution in [1.82, 2.24) is 0 Å². The Kier molecular flexibility index (Phi) is 11.1. The molecule has 0 aliphatic heterocycles. The Morgan fingerprint density at radius 2 is 1.61 bits per heavy atom. The third-order valence-corrected chi connectivity index (χ3v) is 2.87. The minimum Gasteiger partial charge on any atom is -0.466 e. The second-order valence-corrected chi connectivity index (χ2v) is 4.86. The summed E-state index contributed by atoms with van der Waals surface area (Å²) in [7, 11) is 0. The fraction of sp³-hybridized carbons (Fsp3) is 0.929. The lowest BCUT2D eigenvalue weighted by atomic mass is 10.0. The molecule has 0 heterocycles. The van der Waals surface area contributed by atoms with E-state index < -0.39 is 6.10 Å². The topological polar surface area (TPSA) is 66.8 Å². The zero-order valence-corrected chi connectivity index (χ0v) is 11.7. The first-order valence-electron chi connectivity index (χ1n) is 7.08. The van der Waals surface area contributed by atoms with Crippen LogP contribution in [-0.4, -0.2) is 35.0 Å².